The Morgan fingerprint density at radius 3 is 2.42 bits per heavy atom. The minimum atomic E-state index is 0.138. The highest BCUT2D eigenvalue weighted by Gasteiger charge is 2.27. The molecule has 2 heteroatoms. The fourth-order valence-electron chi connectivity index (χ4n) is 2.82. The number of ketones is 1. The van der Waals surface area contributed by atoms with Crippen molar-refractivity contribution in [3.63, 3.8) is 0 Å². The van der Waals surface area contributed by atoms with Gasteiger partial charge in [-0.2, -0.15) is 0 Å². The zero-order valence-corrected chi connectivity index (χ0v) is 11.6. The van der Waals surface area contributed by atoms with Gasteiger partial charge in [-0.25, -0.2) is 0 Å². The molecule has 0 radical (unpaired) electrons. The van der Waals surface area contributed by atoms with Crippen LogP contribution in [0.4, 0.5) is 0 Å². The van der Waals surface area contributed by atoms with Crippen LogP contribution in [-0.4, -0.2) is 5.78 Å². The van der Waals surface area contributed by atoms with E-state index >= 15 is 0 Å². The van der Waals surface area contributed by atoms with Gasteiger partial charge in [-0.15, -0.1) is 0 Å². The summed E-state index contributed by atoms with van der Waals surface area (Å²) in [6.45, 7) is 0. The standard InChI is InChI=1S/C17H9BrO/c18-11-6-8-12-10(9-11)5-7-14-13-3-1-2-4-15(13)17(19)16(12)14/h1-9H. The lowest BCUT2D eigenvalue weighted by Gasteiger charge is -2.05. The summed E-state index contributed by atoms with van der Waals surface area (Å²) in [5, 5.41) is 2.12. The highest BCUT2D eigenvalue weighted by Crippen LogP contribution is 2.40. The van der Waals surface area contributed by atoms with E-state index in [0.29, 0.717) is 0 Å². The maximum Gasteiger partial charge on any atom is 0.194 e. The zero-order chi connectivity index (χ0) is 13.0. The van der Waals surface area contributed by atoms with E-state index in [2.05, 4.69) is 22.0 Å². The number of halogens is 1. The van der Waals surface area contributed by atoms with Crippen molar-refractivity contribution in [2.24, 2.45) is 0 Å². The molecule has 0 N–H and O–H groups in total. The number of benzene rings is 3. The van der Waals surface area contributed by atoms with Gasteiger partial charge in [0.1, 0.15) is 0 Å². The number of carbonyl (C=O) groups excluding carboxylic acids is 1. The Kier molecular flexibility index (Phi) is 2.18. The highest BCUT2D eigenvalue weighted by atomic mass is 79.9. The van der Waals surface area contributed by atoms with Gasteiger partial charge >= 0.3 is 0 Å². The summed E-state index contributed by atoms with van der Waals surface area (Å²) in [6, 6.07) is 18.0. The first-order valence-corrected chi connectivity index (χ1v) is 6.91. The molecule has 3 aromatic carbocycles. The molecule has 0 heterocycles. The summed E-state index contributed by atoms with van der Waals surface area (Å²) in [6.07, 6.45) is 0. The third-order valence-electron chi connectivity index (χ3n) is 3.67. The largest absolute Gasteiger partial charge is 0.289 e. The molecule has 0 unspecified atom stereocenters. The molecule has 0 saturated heterocycles. The summed E-state index contributed by atoms with van der Waals surface area (Å²) in [5.41, 5.74) is 3.75. The molecule has 1 aliphatic carbocycles. The monoisotopic (exact) mass is 308 g/mol. The lowest BCUT2D eigenvalue weighted by Crippen LogP contribution is -1.96. The summed E-state index contributed by atoms with van der Waals surface area (Å²) in [7, 11) is 0. The summed E-state index contributed by atoms with van der Waals surface area (Å²) < 4.78 is 1.03. The third kappa shape index (κ3) is 1.44. The average Bonchev–Trinajstić information content (AvgIpc) is 2.73. The first-order valence-electron chi connectivity index (χ1n) is 6.12. The number of hydrogen-bond donors (Lipinski definition) is 0. The van der Waals surface area contributed by atoms with Crippen LogP contribution in [0.25, 0.3) is 21.9 Å². The van der Waals surface area contributed by atoms with E-state index in [9.17, 15) is 4.79 Å². The molecule has 1 aliphatic rings. The van der Waals surface area contributed by atoms with Gasteiger partial charge in [0.25, 0.3) is 0 Å². The topological polar surface area (TPSA) is 17.1 Å². The van der Waals surface area contributed by atoms with Crippen molar-refractivity contribution < 1.29 is 4.79 Å². The van der Waals surface area contributed by atoms with E-state index < -0.39 is 0 Å². The van der Waals surface area contributed by atoms with Gasteiger partial charge in [-0.1, -0.05) is 58.4 Å². The van der Waals surface area contributed by atoms with Crippen LogP contribution in [0.1, 0.15) is 15.9 Å². The molecule has 0 spiro atoms. The highest BCUT2D eigenvalue weighted by molar-refractivity contribution is 9.10. The van der Waals surface area contributed by atoms with Gasteiger partial charge in [0.2, 0.25) is 0 Å². The van der Waals surface area contributed by atoms with E-state index in [1.54, 1.807) is 0 Å². The molecule has 1 nitrogen and oxygen atoms in total. The predicted molar refractivity (Wildman–Crippen MR) is 80.5 cm³/mol. The molecule has 0 aromatic heterocycles. The van der Waals surface area contributed by atoms with Crippen LogP contribution in [0.2, 0.25) is 0 Å². The number of fused-ring (bicyclic) bond motifs is 5. The normalized spacial score (nSPS) is 12.6. The first kappa shape index (κ1) is 10.9. The number of carbonyl (C=O) groups is 1. The van der Waals surface area contributed by atoms with Crippen LogP contribution in [0, 0.1) is 0 Å². The van der Waals surface area contributed by atoms with Crippen LogP contribution >= 0.6 is 15.9 Å². The predicted octanol–water partition coefficient (Wildman–Crippen LogP) is 4.81. The number of rotatable bonds is 0. The molecule has 90 valence electrons. The first-order chi connectivity index (χ1) is 9.25. The van der Waals surface area contributed by atoms with Gasteiger partial charge in [0, 0.05) is 15.6 Å². The minimum Gasteiger partial charge on any atom is -0.289 e. The molecule has 0 bridgehead atoms. The molecule has 0 saturated carbocycles. The smallest absolute Gasteiger partial charge is 0.194 e. The molecule has 0 aliphatic heterocycles. The van der Waals surface area contributed by atoms with Crippen LogP contribution in [0.3, 0.4) is 0 Å². The van der Waals surface area contributed by atoms with Crippen LogP contribution in [-0.2, 0) is 0 Å². The lowest BCUT2D eigenvalue weighted by atomic mass is 9.99. The molecule has 4 rings (SSSR count). The van der Waals surface area contributed by atoms with Crippen LogP contribution in [0.5, 0.6) is 0 Å². The quantitative estimate of drug-likeness (QED) is 0.455. The molecule has 0 amide bonds. The van der Waals surface area contributed by atoms with Crippen molar-refractivity contribution in [3.05, 3.63) is 70.2 Å². The Hall–Kier alpha value is -1.93. The summed E-state index contributed by atoms with van der Waals surface area (Å²) in [5.74, 6) is 0.138. The van der Waals surface area contributed by atoms with Crippen molar-refractivity contribution in [2.75, 3.05) is 0 Å². The van der Waals surface area contributed by atoms with E-state index in [1.807, 2.05) is 48.5 Å². The molecule has 0 atom stereocenters. The third-order valence-corrected chi connectivity index (χ3v) is 4.16. The van der Waals surface area contributed by atoms with Crippen molar-refractivity contribution in [1.82, 2.24) is 0 Å². The Morgan fingerprint density at radius 1 is 0.789 bits per heavy atom. The molecule has 0 fully saturated rings. The van der Waals surface area contributed by atoms with Crippen LogP contribution < -0.4 is 0 Å². The molecular weight excluding hydrogens is 300 g/mol. The van der Waals surface area contributed by atoms with Crippen molar-refractivity contribution in [3.8, 4) is 11.1 Å². The van der Waals surface area contributed by atoms with Gasteiger partial charge in [0.05, 0.1) is 0 Å². The second kappa shape index (κ2) is 3.78. The van der Waals surface area contributed by atoms with E-state index in [1.165, 1.54) is 0 Å². The second-order valence-corrected chi connectivity index (χ2v) is 5.64. The molecule has 3 aromatic rings. The minimum absolute atomic E-state index is 0.138. The zero-order valence-electron chi connectivity index (χ0n) is 9.98. The maximum atomic E-state index is 12.6. The Labute approximate surface area is 119 Å². The van der Waals surface area contributed by atoms with Gasteiger partial charge < -0.3 is 0 Å². The second-order valence-electron chi connectivity index (χ2n) is 4.73. The Bertz CT molecular complexity index is 849. The summed E-state index contributed by atoms with van der Waals surface area (Å²) in [4.78, 5) is 12.6. The van der Waals surface area contributed by atoms with Gasteiger partial charge in [-0.3, -0.25) is 4.79 Å². The number of hydrogen-bond acceptors (Lipinski definition) is 1. The van der Waals surface area contributed by atoms with Crippen molar-refractivity contribution in [1.29, 1.82) is 0 Å². The SMILES string of the molecule is O=C1c2ccccc2-c2ccc3cc(Br)ccc3c21. The maximum absolute atomic E-state index is 12.6. The lowest BCUT2D eigenvalue weighted by molar-refractivity contribution is 0.104. The van der Waals surface area contributed by atoms with E-state index in [0.717, 1.165) is 37.5 Å². The summed E-state index contributed by atoms with van der Waals surface area (Å²) >= 11 is 3.47. The van der Waals surface area contributed by atoms with Gasteiger partial charge in [-0.05, 0) is 34.0 Å². The van der Waals surface area contributed by atoms with E-state index in [4.69, 9.17) is 0 Å². The van der Waals surface area contributed by atoms with Gasteiger partial charge in [0.15, 0.2) is 5.78 Å². The van der Waals surface area contributed by atoms with Crippen molar-refractivity contribution in [2.45, 2.75) is 0 Å². The van der Waals surface area contributed by atoms with E-state index in [-0.39, 0.29) is 5.78 Å². The fraction of sp³-hybridized carbons (Fsp3) is 0. The molecule has 19 heavy (non-hydrogen) atoms. The fourth-order valence-corrected chi connectivity index (χ4v) is 3.20. The Morgan fingerprint density at radius 2 is 1.58 bits per heavy atom. The average molecular weight is 309 g/mol. The molecular formula is C17H9BrO. The van der Waals surface area contributed by atoms with Crippen molar-refractivity contribution >= 4 is 32.5 Å². The van der Waals surface area contributed by atoms with Crippen LogP contribution in [0.15, 0.2) is 59.1 Å². The Balaban J connectivity index is 2.15.